The molecule has 0 aliphatic heterocycles. The highest BCUT2D eigenvalue weighted by Gasteiger charge is 2.21. The molecule has 0 radical (unpaired) electrons. The Labute approximate surface area is 107 Å². The highest BCUT2D eigenvalue weighted by Crippen LogP contribution is 2.26. The molecular formula is C15H16N2O. The van der Waals surface area contributed by atoms with E-state index in [1.165, 1.54) is 0 Å². The Morgan fingerprint density at radius 1 is 0.944 bits per heavy atom. The summed E-state index contributed by atoms with van der Waals surface area (Å²) >= 11 is 0. The first-order valence-electron chi connectivity index (χ1n) is 5.78. The Morgan fingerprint density at radius 2 is 1.39 bits per heavy atom. The van der Waals surface area contributed by atoms with E-state index in [1.807, 2.05) is 60.7 Å². The van der Waals surface area contributed by atoms with Crippen LogP contribution in [-0.4, -0.2) is 13.0 Å². The number of benzene rings is 2. The van der Waals surface area contributed by atoms with Crippen molar-refractivity contribution in [3.63, 3.8) is 0 Å². The lowest BCUT2D eigenvalue weighted by atomic mass is 9.91. The number of methoxy groups -OCH3 is 1. The maximum atomic E-state index is 5.42. The van der Waals surface area contributed by atoms with E-state index < -0.39 is 0 Å². The van der Waals surface area contributed by atoms with Gasteiger partial charge < -0.3 is 10.6 Å². The van der Waals surface area contributed by atoms with E-state index in [0.29, 0.717) is 5.90 Å². The van der Waals surface area contributed by atoms with E-state index in [-0.39, 0.29) is 5.92 Å². The van der Waals surface area contributed by atoms with Crippen LogP contribution in [0.5, 0.6) is 0 Å². The van der Waals surface area contributed by atoms with Crippen LogP contribution in [0.15, 0.2) is 65.8 Å². The van der Waals surface area contributed by atoms with Gasteiger partial charge in [-0.2, -0.15) is 0 Å². The minimum absolute atomic E-state index is 0.0672. The number of nitrogens with two attached hydrogens (primary N) is 1. The van der Waals surface area contributed by atoms with Crippen molar-refractivity contribution in [2.45, 2.75) is 5.92 Å². The first kappa shape index (κ1) is 12.2. The maximum Gasteiger partial charge on any atom is 0.217 e. The van der Waals surface area contributed by atoms with Crippen LogP contribution in [0.4, 0.5) is 0 Å². The molecule has 0 fully saturated rings. The number of ether oxygens (including phenoxy) is 1. The number of hydrogen-bond acceptors (Lipinski definition) is 3. The molecule has 0 aliphatic carbocycles. The van der Waals surface area contributed by atoms with E-state index >= 15 is 0 Å². The first-order chi connectivity index (χ1) is 8.86. The zero-order valence-electron chi connectivity index (χ0n) is 10.3. The molecule has 3 nitrogen and oxygen atoms in total. The SMILES string of the molecule is COC(=NN)C(c1ccccc1)c1ccccc1. The Kier molecular flexibility index (Phi) is 3.97. The van der Waals surface area contributed by atoms with Gasteiger partial charge in [-0.3, -0.25) is 0 Å². The molecule has 18 heavy (non-hydrogen) atoms. The maximum absolute atomic E-state index is 5.42. The van der Waals surface area contributed by atoms with E-state index in [4.69, 9.17) is 10.6 Å². The molecule has 0 spiro atoms. The van der Waals surface area contributed by atoms with E-state index in [1.54, 1.807) is 7.11 Å². The standard InChI is InChI=1S/C15H16N2O/c1-18-15(17-16)14(12-8-4-2-5-9-12)13-10-6-3-7-11-13/h2-11,14H,16H2,1H3. The second kappa shape index (κ2) is 5.87. The molecule has 2 aromatic rings. The van der Waals surface area contributed by atoms with Crippen LogP contribution in [0.1, 0.15) is 17.0 Å². The van der Waals surface area contributed by atoms with Crippen LogP contribution in [0.3, 0.4) is 0 Å². The third-order valence-corrected chi connectivity index (χ3v) is 2.85. The molecule has 0 amide bonds. The lowest BCUT2D eigenvalue weighted by molar-refractivity contribution is 0.385. The summed E-state index contributed by atoms with van der Waals surface area (Å²) in [5.74, 6) is 5.86. The Morgan fingerprint density at radius 3 is 1.72 bits per heavy atom. The van der Waals surface area contributed by atoms with Gasteiger partial charge in [0.25, 0.3) is 0 Å². The molecule has 0 heterocycles. The van der Waals surface area contributed by atoms with Crippen molar-refractivity contribution >= 4 is 5.90 Å². The predicted octanol–water partition coefficient (Wildman–Crippen LogP) is 2.74. The van der Waals surface area contributed by atoms with Crippen molar-refractivity contribution in [1.29, 1.82) is 0 Å². The fraction of sp³-hybridized carbons (Fsp3) is 0.133. The number of hydrazone groups is 1. The summed E-state index contributed by atoms with van der Waals surface area (Å²) in [6.07, 6.45) is 0. The van der Waals surface area contributed by atoms with Crippen LogP contribution in [-0.2, 0) is 4.74 Å². The molecule has 92 valence electrons. The van der Waals surface area contributed by atoms with Crippen LogP contribution in [0, 0.1) is 0 Å². The van der Waals surface area contributed by atoms with Gasteiger partial charge in [-0.05, 0) is 11.1 Å². The van der Waals surface area contributed by atoms with Gasteiger partial charge >= 0.3 is 0 Å². The molecule has 2 rings (SSSR count). The molecule has 0 saturated heterocycles. The molecular weight excluding hydrogens is 224 g/mol. The van der Waals surface area contributed by atoms with Gasteiger partial charge in [0, 0.05) is 0 Å². The minimum atomic E-state index is -0.0672. The molecule has 0 unspecified atom stereocenters. The number of hydrogen-bond donors (Lipinski definition) is 1. The van der Waals surface area contributed by atoms with Crippen molar-refractivity contribution in [2.24, 2.45) is 10.9 Å². The summed E-state index contributed by atoms with van der Waals surface area (Å²) in [5, 5.41) is 3.75. The lowest BCUT2D eigenvalue weighted by Crippen LogP contribution is -2.17. The first-order valence-corrected chi connectivity index (χ1v) is 5.78. The van der Waals surface area contributed by atoms with Gasteiger partial charge in [0.15, 0.2) is 0 Å². The van der Waals surface area contributed by atoms with Gasteiger partial charge in [-0.25, -0.2) is 0 Å². The number of nitrogens with zero attached hydrogens (tertiary/aromatic N) is 1. The van der Waals surface area contributed by atoms with Crippen LogP contribution in [0.25, 0.3) is 0 Å². The highest BCUT2D eigenvalue weighted by atomic mass is 16.5. The van der Waals surface area contributed by atoms with E-state index in [9.17, 15) is 0 Å². The van der Waals surface area contributed by atoms with Crippen molar-refractivity contribution in [3.8, 4) is 0 Å². The average molecular weight is 240 g/mol. The Balaban J connectivity index is 2.48. The Hall–Kier alpha value is -2.29. The summed E-state index contributed by atoms with van der Waals surface area (Å²) in [6.45, 7) is 0. The summed E-state index contributed by atoms with van der Waals surface area (Å²) in [7, 11) is 1.59. The predicted molar refractivity (Wildman–Crippen MR) is 73.4 cm³/mol. The normalized spacial score (nSPS) is 11.6. The number of rotatable bonds is 3. The zero-order valence-corrected chi connectivity index (χ0v) is 10.3. The summed E-state index contributed by atoms with van der Waals surface area (Å²) in [4.78, 5) is 0. The van der Waals surface area contributed by atoms with E-state index in [2.05, 4.69) is 5.10 Å². The second-order valence-corrected chi connectivity index (χ2v) is 3.93. The smallest absolute Gasteiger partial charge is 0.217 e. The molecule has 0 bridgehead atoms. The van der Waals surface area contributed by atoms with Crippen molar-refractivity contribution < 1.29 is 4.74 Å². The third-order valence-electron chi connectivity index (χ3n) is 2.85. The average Bonchev–Trinajstić information content (AvgIpc) is 2.46. The van der Waals surface area contributed by atoms with E-state index in [0.717, 1.165) is 11.1 Å². The molecule has 2 aromatic carbocycles. The van der Waals surface area contributed by atoms with Crippen molar-refractivity contribution in [2.75, 3.05) is 7.11 Å². The molecule has 0 atom stereocenters. The van der Waals surface area contributed by atoms with Gasteiger partial charge in [-0.15, -0.1) is 5.10 Å². The van der Waals surface area contributed by atoms with Crippen LogP contribution >= 0.6 is 0 Å². The van der Waals surface area contributed by atoms with Crippen molar-refractivity contribution in [1.82, 2.24) is 0 Å². The highest BCUT2D eigenvalue weighted by molar-refractivity contribution is 5.86. The van der Waals surface area contributed by atoms with Gasteiger partial charge in [-0.1, -0.05) is 60.7 Å². The van der Waals surface area contributed by atoms with Gasteiger partial charge in [0.2, 0.25) is 5.90 Å². The fourth-order valence-corrected chi connectivity index (χ4v) is 2.01. The molecule has 0 aliphatic rings. The van der Waals surface area contributed by atoms with Gasteiger partial charge in [0.05, 0.1) is 13.0 Å². The Bertz CT molecular complexity index is 469. The lowest BCUT2D eigenvalue weighted by Gasteiger charge is -2.18. The second-order valence-electron chi connectivity index (χ2n) is 3.93. The summed E-state index contributed by atoms with van der Waals surface area (Å²) in [6, 6.07) is 20.1. The monoisotopic (exact) mass is 240 g/mol. The van der Waals surface area contributed by atoms with Crippen LogP contribution < -0.4 is 5.84 Å². The van der Waals surface area contributed by atoms with Crippen LogP contribution in [0.2, 0.25) is 0 Å². The van der Waals surface area contributed by atoms with Gasteiger partial charge in [0.1, 0.15) is 0 Å². The largest absolute Gasteiger partial charge is 0.482 e. The molecule has 0 aromatic heterocycles. The topological polar surface area (TPSA) is 47.6 Å². The fourth-order valence-electron chi connectivity index (χ4n) is 2.01. The zero-order chi connectivity index (χ0) is 12.8. The third kappa shape index (κ3) is 2.51. The molecule has 0 saturated carbocycles. The summed E-state index contributed by atoms with van der Waals surface area (Å²) < 4.78 is 5.30. The summed E-state index contributed by atoms with van der Waals surface area (Å²) in [5.41, 5.74) is 2.21. The minimum Gasteiger partial charge on any atom is -0.482 e. The van der Waals surface area contributed by atoms with Crippen molar-refractivity contribution in [3.05, 3.63) is 71.8 Å². The quantitative estimate of drug-likeness (QED) is 0.388. The molecule has 2 N–H and O–H groups in total. The molecule has 3 heteroatoms.